The molecule has 56 valence electrons. The van der Waals surface area contributed by atoms with Crippen LogP contribution in [0.25, 0.3) is 0 Å². The maximum Gasteiger partial charge on any atom is 0.294 e. The van der Waals surface area contributed by atoms with Crippen LogP contribution in [0.1, 0.15) is 26.7 Å². The lowest BCUT2D eigenvalue weighted by Gasteiger charge is -2.22. The molecule has 0 aromatic heterocycles. The standard InChI is InChI=1S/C8H12O2/c1-4-8(5-2,6-3)10-7-9/h1,7H,5-6H2,2-3H3. The summed E-state index contributed by atoms with van der Waals surface area (Å²) in [5, 5.41) is 0. The molecule has 2 heteroatoms. The molecule has 0 bridgehead atoms. The van der Waals surface area contributed by atoms with Gasteiger partial charge in [0.2, 0.25) is 0 Å². The summed E-state index contributed by atoms with van der Waals surface area (Å²) < 4.78 is 4.76. The van der Waals surface area contributed by atoms with Gasteiger partial charge in [0.25, 0.3) is 6.47 Å². The van der Waals surface area contributed by atoms with Crippen LogP contribution in [0.5, 0.6) is 0 Å². The molecule has 0 aliphatic rings. The van der Waals surface area contributed by atoms with Gasteiger partial charge in [0, 0.05) is 0 Å². The fraction of sp³-hybridized carbons (Fsp3) is 0.625. The van der Waals surface area contributed by atoms with Crippen molar-refractivity contribution >= 4 is 6.47 Å². The molecule has 0 N–H and O–H groups in total. The Labute approximate surface area is 61.6 Å². The summed E-state index contributed by atoms with van der Waals surface area (Å²) in [6.07, 6.45) is 6.51. The highest BCUT2D eigenvalue weighted by molar-refractivity contribution is 5.40. The van der Waals surface area contributed by atoms with Crippen LogP contribution in [0.4, 0.5) is 0 Å². The summed E-state index contributed by atoms with van der Waals surface area (Å²) in [4.78, 5) is 9.98. The van der Waals surface area contributed by atoms with Crippen LogP contribution in [0.15, 0.2) is 0 Å². The summed E-state index contributed by atoms with van der Waals surface area (Å²) in [7, 11) is 0. The van der Waals surface area contributed by atoms with Gasteiger partial charge in [-0.25, -0.2) is 0 Å². The molecule has 0 aliphatic heterocycles. The monoisotopic (exact) mass is 140 g/mol. The van der Waals surface area contributed by atoms with Crippen LogP contribution < -0.4 is 0 Å². The lowest BCUT2D eigenvalue weighted by atomic mass is 9.99. The van der Waals surface area contributed by atoms with E-state index in [1.54, 1.807) is 0 Å². The summed E-state index contributed by atoms with van der Waals surface area (Å²) in [5.41, 5.74) is -0.665. The fourth-order valence-electron chi connectivity index (χ4n) is 0.747. The highest BCUT2D eigenvalue weighted by atomic mass is 16.5. The predicted molar refractivity (Wildman–Crippen MR) is 39.3 cm³/mol. The number of ether oxygens (including phenoxy) is 1. The Morgan fingerprint density at radius 2 is 2.10 bits per heavy atom. The molecule has 0 unspecified atom stereocenters. The second-order valence-electron chi connectivity index (χ2n) is 2.06. The topological polar surface area (TPSA) is 26.3 Å². The Bertz CT molecular complexity index is 140. The van der Waals surface area contributed by atoms with Crippen LogP contribution >= 0.6 is 0 Å². The molecular formula is C8H12O2. The third-order valence-corrected chi connectivity index (χ3v) is 1.68. The van der Waals surface area contributed by atoms with Crippen LogP contribution in [0.2, 0.25) is 0 Å². The Hall–Kier alpha value is -0.970. The third kappa shape index (κ3) is 1.77. The van der Waals surface area contributed by atoms with E-state index in [-0.39, 0.29) is 0 Å². The van der Waals surface area contributed by atoms with Crippen molar-refractivity contribution in [3.05, 3.63) is 0 Å². The minimum absolute atomic E-state index is 0.410. The maximum absolute atomic E-state index is 9.98. The SMILES string of the molecule is C#CC(CC)(CC)OC=O. The van der Waals surface area contributed by atoms with Gasteiger partial charge in [-0.2, -0.15) is 0 Å². The number of carbonyl (C=O) groups excluding carboxylic acids is 1. The molecule has 0 aromatic carbocycles. The zero-order valence-electron chi connectivity index (χ0n) is 6.39. The van der Waals surface area contributed by atoms with Crippen molar-refractivity contribution in [1.29, 1.82) is 0 Å². The normalized spacial score (nSPS) is 10.1. The Morgan fingerprint density at radius 3 is 2.20 bits per heavy atom. The highest BCUT2D eigenvalue weighted by Gasteiger charge is 2.23. The molecule has 0 fully saturated rings. The van der Waals surface area contributed by atoms with Gasteiger partial charge >= 0.3 is 0 Å². The van der Waals surface area contributed by atoms with E-state index in [1.165, 1.54) is 0 Å². The van der Waals surface area contributed by atoms with Crippen molar-refractivity contribution in [2.75, 3.05) is 0 Å². The Kier molecular flexibility index (Phi) is 3.56. The van der Waals surface area contributed by atoms with E-state index in [0.29, 0.717) is 19.3 Å². The van der Waals surface area contributed by atoms with E-state index in [0.717, 1.165) is 0 Å². The first kappa shape index (κ1) is 9.03. The molecule has 0 rings (SSSR count). The Morgan fingerprint density at radius 1 is 1.60 bits per heavy atom. The largest absolute Gasteiger partial charge is 0.448 e. The zero-order chi connectivity index (χ0) is 8.04. The molecule has 0 heterocycles. The van der Waals surface area contributed by atoms with Gasteiger partial charge in [0.15, 0.2) is 5.60 Å². The number of carbonyl (C=O) groups is 1. The van der Waals surface area contributed by atoms with E-state index >= 15 is 0 Å². The van der Waals surface area contributed by atoms with Crippen LogP contribution in [0, 0.1) is 12.3 Å². The average molecular weight is 140 g/mol. The van der Waals surface area contributed by atoms with E-state index in [9.17, 15) is 4.79 Å². The smallest absolute Gasteiger partial charge is 0.294 e. The summed E-state index contributed by atoms with van der Waals surface area (Å²) >= 11 is 0. The van der Waals surface area contributed by atoms with Crippen LogP contribution in [-0.2, 0) is 9.53 Å². The van der Waals surface area contributed by atoms with Crippen molar-refractivity contribution in [3.63, 3.8) is 0 Å². The van der Waals surface area contributed by atoms with E-state index in [2.05, 4.69) is 5.92 Å². The number of terminal acetylenes is 1. The number of hydrogen-bond donors (Lipinski definition) is 0. The predicted octanol–water partition coefficient (Wildman–Crippen LogP) is 1.35. The van der Waals surface area contributed by atoms with Crippen molar-refractivity contribution in [1.82, 2.24) is 0 Å². The lowest BCUT2D eigenvalue weighted by Crippen LogP contribution is -2.28. The maximum atomic E-state index is 9.98. The van der Waals surface area contributed by atoms with Crippen molar-refractivity contribution < 1.29 is 9.53 Å². The second-order valence-corrected chi connectivity index (χ2v) is 2.06. The first-order valence-corrected chi connectivity index (χ1v) is 3.34. The molecule has 0 amide bonds. The lowest BCUT2D eigenvalue weighted by molar-refractivity contribution is -0.138. The Balaban J connectivity index is 4.18. The fourth-order valence-corrected chi connectivity index (χ4v) is 0.747. The molecule has 0 aromatic rings. The molecule has 10 heavy (non-hydrogen) atoms. The molecule has 0 spiro atoms. The molecule has 0 saturated heterocycles. The number of hydrogen-bond acceptors (Lipinski definition) is 2. The van der Waals surface area contributed by atoms with Crippen molar-refractivity contribution in [2.45, 2.75) is 32.3 Å². The summed E-state index contributed by atoms with van der Waals surface area (Å²) in [6.45, 7) is 4.20. The molecular weight excluding hydrogens is 128 g/mol. The number of rotatable bonds is 4. The van der Waals surface area contributed by atoms with Gasteiger partial charge in [-0.1, -0.05) is 19.8 Å². The molecule has 0 atom stereocenters. The molecule has 2 nitrogen and oxygen atoms in total. The van der Waals surface area contributed by atoms with Gasteiger partial charge in [0.1, 0.15) is 0 Å². The molecule has 0 saturated carbocycles. The van der Waals surface area contributed by atoms with Gasteiger partial charge in [-0.3, -0.25) is 4.79 Å². The summed E-state index contributed by atoms with van der Waals surface area (Å²) in [5.74, 6) is 2.46. The van der Waals surface area contributed by atoms with Gasteiger partial charge < -0.3 is 4.74 Å². The van der Waals surface area contributed by atoms with Crippen molar-refractivity contribution in [3.8, 4) is 12.3 Å². The average Bonchev–Trinajstić information content (AvgIpc) is 2.01. The van der Waals surface area contributed by atoms with Crippen LogP contribution in [-0.4, -0.2) is 12.1 Å². The molecule has 0 aliphatic carbocycles. The third-order valence-electron chi connectivity index (χ3n) is 1.68. The van der Waals surface area contributed by atoms with Gasteiger partial charge in [-0.05, 0) is 12.8 Å². The minimum atomic E-state index is -0.665. The first-order valence-electron chi connectivity index (χ1n) is 3.34. The van der Waals surface area contributed by atoms with E-state index in [4.69, 9.17) is 11.2 Å². The molecule has 0 radical (unpaired) electrons. The quantitative estimate of drug-likeness (QED) is 0.435. The van der Waals surface area contributed by atoms with Crippen LogP contribution in [0.3, 0.4) is 0 Å². The zero-order valence-corrected chi connectivity index (χ0v) is 6.39. The van der Waals surface area contributed by atoms with E-state index < -0.39 is 5.60 Å². The van der Waals surface area contributed by atoms with E-state index in [1.807, 2.05) is 13.8 Å². The summed E-state index contributed by atoms with van der Waals surface area (Å²) in [6, 6.07) is 0. The van der Waals surface area contributed by atoms with Gasteiger partial charge in [-0.15, -0.1) is 6.42 Å². The second kappa shape index (κ2) is 3.94. The minimum Gasteiger partial charge on any atom is -0.448 e. The highest BCUT2D eigenvalue weighted by Crippen LogP contribution is 2.17. The first-order chi connectivity index (χ1) is 4.74. The van der Waals surface area contributed by atoms with Gasteiger partial charge in [0.05, 0.1) is 0 Å². The van der Waals surface area contributed by atoms with Crippen molar-refractivity contribution in [2.24, 2.45) is 0 Å².